The van der Waals surface area contributed by atoms with Crippen molar-refractivity contribution in [3.05, 3.63) is 35.9 Å². The Balaban J connectivity index is 1.54. The maximum absolute atomic E-state index is 12.8. The van der Waals surface area contributed by atoms with Crippen LogP contribution in [0.3, 0.4) is 0 Å². The van der Waals surface area contributed by atoms with E-state index in [1.165, 1.54) is 18.4 Å². The van der Waals surface area contributed by atoms with Gasteiger partial charge in [0, 0.05) is 25.6 Å². The summed E-state index contributed by atoms with van der Waals surface area (Å²) in [6, 6.07) is 13.2. The molecule has 0 radical (unpaired) electrons. The van der Waals surface area contributed by atoms with Crippen LogP contribution >= 0.6 is 0 Å². The molecule has 3 aliphatic rings. The summed E-state index contributed by atoms with van der Waals surface area (Å²) in [5.74, 6) is 0.475. The molecule has 1 aliphatic carbocycles. The first kappa shape index (κ1) is 17.5. The van der Waals surface area contributed by atoms with Crippen molar-refractivity contribution in [2.24, 2.45) is 5.41 Å². The number of hydrogen-bond acceptors (Lipinski definition) is 3. The second kappa shape index (κ2) is 7.04. The Morgan fingerprint density at radius 2 is 1.65 bits per heavy atom. The van der Waals surface area contributed by atoms with Crippen molar-refractivity contribution in [1.29, 1.82) is 5.26 Å². The summed E-state index contributed by atoms with van der Waals surface area (Å²) in [5.41, 5.74) is 0.679. The van der Waals surface area contributed by atoms with Crippen LogP contribution in [-0.4, -0.2) is 36.0 Å². The lowest BCUT2D eigenvalue weighted by atomic mass is 9.67. The minimum atomic E-state index is -0.296. The van der Waals surface area contributed by atoms with Gasteiger partial charge in [-0.05, 0) is 31.2 Å². The molecule has 4 heteroatoms. The van der Waals surface area contributed by atoms with E-state index < -0.39 is 0 Å². The standard InChI is InChI=1S/C22H29N3O/c23-17-21(10-6-1-2-7-11-21)25-14-12-22(13-15-25)19(16-24-20(22)26)18-8-4-3-5-9-18/h3-5,8-9,19H,1-2,6-7,10-16H2,(H,24,26). The molecule has 4 rings (SSSR count). The highest BCUT2D eigenvalue weighted by Crippen LogP contribution is 2.49. The Morgan fingerprint density at radius 1 is 1.00 bits per heavy atom. The molecule has 1 spiro atoms. The molecule has 0 aromatic heterocycles. The van der Waals surface area contributed by atoms with Crippen molar-refractivity contribution in [3.8, 4) is 6.07 Å². The fraction of sp³-hybridized carbons (Fsp3) is 0.636. The quantitative estimate of drug-likeness (QED) is 0.828. The number of likely N-dealkylation sites (tertiary alicyclic amines) is 1. The van der Waals surface area contributed by atoms with Gasteiger partial charge in [-0.25, -0.2) is 0 Å². The monoisotopic (exact) mass is 351 g/mol. The molecule has 138 valence electrons. The molecule has 26 heavy (non-hydrogen) atoms. The molecule has 1 aromatic rings. The molecular weight excluding hydrogens is 322 g/mol. The van der Waals surface area contributed by atoms with E-state index in [1.807, 2.05) is 6.07 Å². The van der Waals surface area contributed by atoms with Gasteiger partial charge in [-0.2, -0.15) is 5.26 Å². The Morgan fingerprint density at radius 3 is 2.27 bits per heavy atom. The topological polar surface area (TPSA) is 56.1 Å². The van der Waals surface area contributed by atoms with Crippen molar-refractivity contribution in [1.82, 2.24) is 10.2 Å². The number of carbonyl (C=O) groups excluding carboxylic acids is 1. The molecule has 1 saturated carbocycles. The fourth-order valence-corrected chi connectivity index (χ4v) is 5.57. The van der Waals surface area contributed by atoms with Gasteiger partial charge in [0.25, 0.3) is 0 Å². The summed E-state index contributed by atoms with van der Waals surface area (Å²) < 4.78 is 0. The molecule has 1 aromatic carbocycles. The largest absolute Gasteiger partial charge is 0.355 e. The predicted molar refractivity (Wildman–Crippen MR) is 101 cm³/mol. The minimum absolute atomic E-state index is 0.220. The molecule has 2 aliphatic heterocycles. The van der Waals surface area contributed by atoms with Crippen LogP contribution in [0.25, 0.3) is 0 Å². The molecule has 2 heterocycles. The number of carbonyl (C=O) groups is 1. The highest BCUT2D eigenvalue weighted by Gasteiger charge is 2.53. The van der Waals surface area contributed by atoms with Crippen LogP contribution in [0.1, 0.15) is 62.8 Å². The maximum Gasteiger partial charge on any atom is 0.227 e. The number of hydrogen-bond donors (Lipinski definition) is 1. The van der Waals surface area contributed by atoms with E-state index in [1.54, 1.807) is 0 Å². The molecule has 1 N–H and O–H groups in total. The molecule has 1 amide bonds. The van der Waals surface area contributed by atoms with Crippen molar-refractivity contribution in [2.45, 2.75) is 62.8 Å². The Kier molecular flexibility index (Phi) is 4.75. The first-order chi connectivity index (χ1) is 12.7. The normalized spacial score (nSPS) is 28.3. The predicted octanol–water partition coefficient (Wildman–Crippen LogP) is 3.60. The smallest absolute Gasteiger partial charge is 0.227 e. The third-order valence-electron chi connectivity index (χ3n) is 7.19. The van der Waals surface area contributed by atoms with Gasteiger partial charge in [0.15, 0.2) is 0 Å². The van der Waals surface area contributed by atoms with Gasteiger partial charge < -0.3 is 5.32 Å². The molecule has 2 saturated heterocycles. The summed E-state index contributed by atoms with van der Waals surface area (Å²) in [5, 5.41) is 13.1. The number of nitrogens with zero attached hydrogens (tertiary/aromatic N) is 2. The summed E-state index contributed by atoms with van der Waals surface area (Å²) in [6.45, 7) is 2.47. The van der Waals surface area contributed by atoms with E-state index in [9.17, 15) is 10.1 Å². The molecular formula is C22H29N3O. The van der Waals surface area contributed by atoms with Crippen molar-refractivity contribution >= 4 is 5.91 Å². The molecule has 1 unspecified atom stereocenters. The Hall–Kier alpha value is -1.86. The number of benzene rings is 1. The Labute approximate surface area is 156 Å². The lowest BCUT2D eigenvalue weighted by Gasteiger charge is -2.47. The summed E-state index contributed by atoms with van der Waals surface area (Å²) >= 11 is 0. The van der Waals surface area contributed by atoms with Crippen LogP contribution in [0, 0.1) is 16.7 Å². The number of rotatable bonds is 2. The average molecular weight is 351 g/mol. The van der Waals surface area contributed by atoms with Gasteiger partial charge in [-0.15, -0.1) is 0 Å². The van der Waals surface area contributed by atoms with Crippen LogP contribution in [-0.2, 0) is 4.79 Å². The van der Waals surface area contributed by atoms with Gasteiger partial charge in [0.05, 0.1) is 11.5 Å². The van der Waals surface area contributed by atoms with Gasteiger partial charge in [0.1, 0.15) is 5.54 Å². The molecule has 0 bridgehead atoms. The molecule has 3 fully saturated rings. The molecule has 1 atom stereocenters. The molecule has 4 nitrogen and oxygen atoms in total. The van der Waals surface area contributed by atoms with E-state index in [4.69, 9.17) is 0 Å². The van der Waals surface area contributed by atoms with E-state index >= 15 is 0 Å². The van der Waals surface area contributed by atoms with Crippen LogP contribution in [0.4, 0.5) is 0 Å². The van der Waals surface area contributed by atoms with Gasteiger partial charge in [-0.1, -0.05) is 56.0 Å². The van der Waals surface area contributed by atoms with Crippen molar-refractivity contribution in [2.75, 3.05) is 19.6 Å². The maximum atomic E-state index is 12.8. The number of piperidine rings is 1. The van der Waals surface area contributed by atoms with Crippen LogP contribution < -0.4 is 5.32 Å². The van der Waals surface area contributed by atoms with Crippen molar-refractivity contribution < 1.29 is 4.79 Å². The van der Waals surface area contributed by atoms with Crippen LogP contribution in [0.2, 0.25) is 0 Å². The lowest BCUT2D eigenvalue weighted by molar-refractivity contribution is -0.131. The Bertz CT molecular complexity index is 677. The minimum Gasteiger partial charge on any atom is -0.355 e. The summed E-state index contributed by atoms with van der Waals surface area (Å²) in [7, 11) is 0. The first-order valence-corrected chi connectivity index (χ1v) is 10.2. The zero-order valence-electron chi connectivity index (χ0n) is 15.5. The fourth-order valence-electron chi connectivity index (χ4n) is 5.57. The highest BCUT2D eigenvalue weighted by molar-refractivity contribution is 5.86. The zero-order chi connectivity index (χ0) is 18.0. The highest BCUT2D eigenvalue weighted by atomic mass is 16.2. The van der Waals surface area contributed by atoms with Gasteiger partial charge in [0.2, 0.25) is 5.91 Å². The lowest BCUT2D eigenvalue weighted by Crippen LogP contribution is -2.55. The summed E-state index contributed by atoms with van der Waals surface area (Å²) in [6.07, 6.45) is 8.52. The van der Waals surface area contributed by atoms with Crippen LogP contribution in [0.5, 0.6) is 0 Å². The number of nitrogens with one attached hydrogen (secondary N) is 1. The van der Waals surface area contributed by atoms with E-state index in [2.05, 4.69) is 40.6 Å². The van der Waals surface area contributed by atoms with E-state index in [-0.39, 0.29) is 22.8 Å². The second-order valence-corrected chi connectivity index (χ2v) is 8.37. The third-order valence-corrected chi connectivity index (χ3v) is 7.19. The first-order valence-electron chi connectivity index (χ1n) is 10.2. The van der Waals surface area contributed by atoms with Gasteiger partial charge >= 0.3 is 0 Å². The third kappa shape index (κ3) is 2.83. The number of amides is 1. The summed E-state index contributed by atoms with van der Waals surface area (Å²) in [4.78, 5) is 15.2. The zero-order valence-corrected chi connectivity index (χ0v) is 15.5. The van der Waals surface area contributed by atoms with Gasteiger partial charge in [-0.3, -0.25) is 9.69 Å². The van der Waals surface area contributed by atoms with E-state index in [0.29, 0.717) is 0 Å². The number of nitriles is 1. The van der Waals surface area contributed by atoms with Crippen molar-refractivity contribution in [3.63, 3.8) is 0 Å². The average Bonchev–Trinajstić information content (AvgIpc) is 2.87. The SMILES string of the molecule is N#CC1(N2CCC3(CC2)C(=O)NCC3c2ccccc2)CCCCCC1. The second-order valence-electron chi connectivity index (χ2n) is 8.37. The van der Waals surface area contributed by atoms with E-state index in [0.717, 1.165) is 58.2 Å². The van der Waals surface area contributed by atoms with Crippen LogP contribution in [0.15, 0.2) is 30.3 Å².